The highest BCUT2D eigenvalue weighted by molar-refractivity contribution is 6.29. The van der Waals surface area contributed by atoms with Gasteiger partial charge < -0.3 is 9.67 Å². The van der Waals surface area contributed by atoms with Gasteiger partial charge >= 0.3 is 6.18 Å². The third-order valence-corrected chi connectivity index (χ3v) is 2.80. The van der Waals surface area contributed by atoms with E-state index in [9.17, 15) is 18.3 Å². The molecular formula is C10H8ClF3N4O. The lowest BCUT2D eigenvalue weighted by molar-refractivity contribution is -0.252. The number of rotatable bonds is 2. The van der Waals surface area contributed by atoms with Crippen molar-refractivity contribution in [2.24, 2.45) is 7.05 Å². The molecule has 0 bridgehead atoms. The van der Waals surface area contributed by atoms with Crippen LogP contribution < -0.4 is 0 Å². The van der Waals surface area contributed by atoms with Crippen LogP contribution in [-0.2, 0) is 12.6 Å². The van der Waals surface area contributed by atoms with Crippen LogP contribution in [0.4, 0.5) is 13.2 Å². The first kappa shape index (κ1) is 13.8. The second-order valence-corrected chi connectivity index (χ2v) is 4.23. The summed E-state index contributed by atoms with van der Waals surface area (Å²) >= 11 is 5.57. The van der Waals surface area contributed by atoms with Crippen LogP contribution in [0.2, 0.25) is 5.15 Å². The van der Waals surface area contributed by atoms with Crippen molar-refractivity contribution in [1.82, 2.24) is 19.7 Å². The Balaban J connectivity index is 2.70. The van der Waals surface area contributed by atoms with Gasteiger partial charge in [0.25, 0.3) is 0 Å². The number of nitrogens with zero attached hydrogens (tertiary/aromatic N) is 4. The van der Waals surface area contributed by atoms with Crippen LogP contribution in [0.15, 0.2) is 24.7 Å². The van der Waals surface area contributed by atoms with Gasteiger partial charge in [-0.25, -0.2) is 4.98 Å². The van der Waals surface area contributed by atoms with Crippen LogP contribution in [0.25, 0.3) is 0 Å². The van der Waals surface area contributed by atoms with Gasteiger partial charge in [-0.2, -0.15) is 13.2 Å². The minimum Gasteiger partial charge on any atom is -0.370 e. The van der Waals surface area contributed by atoms with Gasteiger partial charge in [-0.1, -0.05) is 11.6 Å². The third kappa shape index (κ3) is 2.17. The SMILES string of the molecule is Cn1cnnc1C(O)(c1ccnc(Cl)c1)C(F)(F)F. The Morgan fingerprint density at radius 2 is 2.05 bits per heavy atom. The number of hydrogen-bond donors (Lipinski definition) is 1. The van der Waals surface area contributed by atoms with Gasteiger partial charge in [0.05, 0.1) is 0 Å². The molecule has 0 saturated carbocycles. The molecule has 2 heterocycles. The molecule has 1 atom stereocenters. The fourth-order valence-corrected chi connectivity index (χ4v) is 1.83. The van der Waals surface area contributed by atoms with Gasteiger partial charge in [0.1, 0.15) is 11.5 Å². The highest BCUT2D eigenvalue weighted by atomic mass is 35.5. The highest BCUT2D eigenvalue weighted by Gasteiger charge is 2.59. The van der Waals surface area contributed by atoms with Crippen molar-refractivity contribution in [3.8, 4) is 0 Å². The average molecular weight is 293 g/mol. The molecule has 0 aliphatic carbocycles. The molecule has 2 rings (SSSR count). The molecule has 1 N–H and O–H groups in total. The topological polar surface area (TPSA) is 63.8 Å². The predicted molar refractivity (Wildman–Crippen MR) is 59.3 cm³/mol. The van der Waals surface area contributed by atoms with Crippen molar-refractivity contribution >= 4 is 11.6 Å². The maximum absolute atomic E-state index is 13.3. The van der Waals surface area contributed by atoms with E-state index in [1.807, 2.05) is 0 Å². The van der Waals surface area contributed by atoms with Crippen LogP contribution in [0.5, 0.6) is 0 Å². The number of hydrogen-bond acceptors (Lipinski definition) is 4. The van der Waals surface area contributed by atoms with Crippen LogP contribution in [0.3, 0.4) is 0 Å². The van der Waals surface area contributed by atoms with Crippen molar-refractivity contribution in [3.63, 3.8) is 0 Å². The molecule has 0 saturated heterocycles. The van der Waals surface area contributed by atoms with Crippen LogP contribution in [0.1, 0.15) is 11.4 Å². The quantitative estimate of drug-likeness (QED) is 0.855. The summed E-state index contributed by atoms with van der Waals surface area (Å²) in [7, 11) is 1.30. The normalized spacial score (nSPS) is 15.3. The summed E-state index contributed by atoms with van der Waals surface area (Å²) in [6, 6.07) is 1.96. The van der Waals surface area contributed by atoms with Crippen molar-refractivity contribution in [2.45, 2.75) is 11.8 Å². The van der Waals surface area contributed by atoms with Gasteiger partial charge in [-0.15, -0.1) is 10.2 Å². The molecule has 9 heteroatoms. The first-order chi connectivity index (χ1) is 8.76. The summed E-state index contributed by atoms with van der Waals surface area (Å²) in [6.45, 7) is 0. The van der Waals surface area contributed by atoms with E-state index in [0.717, 1.165) is 29.2 Å². The lowest BCUT2D eigenvalue weighted by Gasteiger charge is -2.29. The molecule has 19 heavy (non-hydrogen) atoms. The van der Waals surface area contributed by atoms with E-state index in [4.69, 9.17) is 11.6 Å². The summed E-state index contributed by atoms with van der Waals surface area (Å²) < 4.78 is 40.8. The van der Waals surface area contributed by atoms with Gasteiger partial charge in [-0.3, -0.25) is 0 Å². The number of alkyl halides is 3. The molecule has 0 fully saturated rings. The van der Waals surface area contributed by atoms with E-state index in [1.54, 1.807) is 0 Å². The molecule has 0 aliphatic rings. The highest BCUT2D eigenvalue weighted by Crippen LogP contribution is 2.43. The summed E-state index contributed by atoms with van der Waals surface area (Å²) in [5.41, 5.74) is -3.78. The van der Waals surface area contributed by atoms with Gasteiger partial charge in [0.15, 0.2) is 5.82 Å². The maximum atomic E-state index is 13.3. The fourth-order valence-electron chi connectivity index (χ4n) is 1.66. The monoisotopic (exact) mass is 292 g/mol. The van der Waals surface area contributed by atoms with Crippen LogP contribution in [0, 0.1) is 0 Å². The Morgan fingerprint density at radius 3 is 2.53 bits per heavy atom. The minimum absolute atomic E-state index is 0.164. The molecule has 102 valence electrons. The number of halogens is 4. The Kier molecular flexibility index (Phi) is 3.23. The summed E-state index contributed by atoms with van der Waals surface area (Å²) in [4.78, 5) is 3.58. The van der Waals surface area contributed by atoms with Crippen molar-refractivity contribution in [3.05, 3.63) is 41.2 Å². The minimum atomic E-state index is -4.99. The average Bonchev–Trinajstić information content (AvgIpc) is 2.73. The zero-order valence-electron chi connectivity index (χ0n) is 9.56. The van der Waals surface area contributed by atoms with Gasteiger partial charge in [0.2, 0.25) is 5.60 Å². The Bertz CT molecular complexity index is 600. The van der Waals surface area contributed by atoms with Crippen molar-refractivity contribution in [1.29, 1.82) is 0 Å². The molecule has 0 aromatic carbocycles. The summed E-state index contributed by atoms with van der Waals surface area (Å²) in [6.07, 6.45) is -2.85. The Morgan fingerprint density at radius 1 is 1.37 bits per heavy atom. The lowest BCUT2D eigenvalue weighted by atomic mass is 9.93. The van der Waals surface area contributed by atoms with E-state index < -0.39 is 23.2 Å². The predicted octanol–water partition coefficient (Wildman–Crippen LogP) is 1.66. The first-order valence-corrected chi connectivity index (χ1v) is 5.40. The molecule has 0 amide bonds. The molecule has 1 unspecified atom stereocenters. The molecule has 2 aromatic heterocycles. The standard InChI is InChI=1S/C10H8ClF3N4O/c1-18-5-16-17-8(18)9(19,10(12,13)14)6-2-3-15-7(11)4-6/h2-5,19H,1H3. The van der Waals surface area contributed by atoms with Crippen LogP contribution >= 0.6 is 11.6 Å². The first-order valence-electron chi connectivity index (χ1n) is 5.02. The second-order valence-electron chi connectivity index (χ2n) is 3.84. The second kappa shape index (κ2) is 4.46. The molecule has 0 aliphatic heterocycles. The van der Waals surface area contributed by atoms with Gasteiger partial charge in [-0.05, 0) is 12.1 Å². The smallest absolute Gasteiger partial charge is 0.370 e. The van der Waals surface area contributed by atoms with Crippen molar-refractivity contribution < 1.29 is 18.3 Å². The van der Waals surface area contributed by atoms with Crippen molar-refractivity contribution in [2.75, 3.05) is 0 Å². The molecular weight excluding hydrogens is 285 g/mol. The number of pyridine rings is 1. The van der Waals surface area contributed by atoms with E-state index in [1.165, 1.54) is 7.05 Å². The molecule has 0 radical (unpaired) electrons. The molecule has 2 aromatic rings. The number of aryl methyl sites for hydroxylation is 1. The Hall–Kier alpha value is -1.67. The van der Waals surface area contributed by atoms with Gasteiger partial charge in [0, 0.05) is 18.8 Å². The summed E-state index contributed by atoms with van der Waals surface area (Å²) in [5, 5.41) is 16.7. The third-order valence-electron chi connectivity index (χ3n) is 2.59. The largest absolute Gasteiger partial charge is 0.428 e. The number of aromatic nitrogens is 4. The van der Waals surface area contributed by atoms with E-state index in [2.05, 4.69) is 15.2 Å². The van der Waals surface area contributed by atoms with Crippen LogP contribution in [-0.4, -0.2) is 31.0 Å². The molecule has 0 spiro atoms. The zero-order valence-corrected chi connectivity index (χ0v) is 10.3. The Labute approximate surface area is 110 Å². The van der Waals surface area contributed by atoms with E-state index in [-0.39, 0.29) is 5.15 Å². The van der Waals surface area contributed by atoms with E-state index >= 15 is 0 Å². The summed E-state index contributed by atoms with van der Waals surface area (Å²) in [5.74, 6) is -0.651. The molecule has 5 nitrogen and oxygen atoms in total. The lowest BCUT2D eigenvalue weighted by Crippen LogP contribution is -2.45. The van der Waals surface area contributed by atoms with E-state index in [0.29, 0.717) is 0 Å². The number of aliphatic hydroxyl groups is 1. The zero-order chi connectivity index (χ0) is 14.3. The maximum Gasteiger partial charge on any atom is 0.428 e. The fraction of sp³-hybridized carbons (Fsp3) is 0.300.